The van der Waals surface area contributed by atoms with Crippen LogP contribution in [0, 0.1) is 0 Å². The second kappa shape index (κ2) is 5.71. The van der Waals surface area contributed by atoms with Gasteiger partial charge in [-0.15, -0.1) is 0 Å². The van der Waals surface area contributed by atoms with Gasteiger partial charge in [-0.25, -0.2) is 0 Å². The minimum absolute atomic E-state index is 0.563. The van der Waals surface area contributed by atoms with Gasteiger partial charge in [0, 0.05) is 0 Å². The van der Waals surface area contributed by atoms with Crippen LogP contribution in [0.3, 0.4) is 0 Å². The summed E-state index contributed by atoms with van der Waals surface area (Å²) in [6.07, 6.45) is 0. The molecule has 5 saturated heterocycles. The van der Waals surface area contributed by atoms with Gasteiger partial charge >= 0.3 is 176 Å². The van der Waals surface area contributed by atoms with E-state index in [1.165, 1.54) is 0 Å². The average Bonchev–Trinajstić information content (AvgIpc) is 3.73. The van der Waals surface area contributed by atoms with E-state index in [0.29, 0.717) is 26.4 Å². The quantitative estimate of drug-likeness (QED) is 0.514. The van der Waals surface area contributed by atoms with Crippen molar-refractivity contribution in [1.29, 1.82) is 0 Å². The number of anilines is 2. The zero-order valence-electron chi connectivity index (χ0n) is 16.7. The van der Waals surface area contributed by atoms with Crippen molar-refractivity contribution >= 4 is 26.4 Å². The first-order valence-corrected chi connectivity index (χ1v) is 14.5. The second-order valence-corrected chi connectivity index (χ2v) is 15.9. The van der Waals surface area contributed by atoms with Crippen molar-refractivity contribution in [2.75, 3.05) is 61.5 Å². The summed E-state index contributed by atoms with van der Waals surface area (Å²) in [5.74, 6) is 0. The molecule has 0 aromatic heterocycles. The molecule has 30 heavy (non-hydrogen) atoms. The number of hydrogen-bond donors (Lipinski definition) is 0. The molecule has 2 aromatic carbocycles. The maximum absolute atomic E-state index is 6.84. The summed E-state index contributed by atoms with van der Waals surface area (Å²) < 4.78 is 36.9. The normalized spacial score (nSPS) is 32.8. The summed E-state index contributed by atoms with van der Waals surface area (Å²) >= 11 is 0. The zero-order chi connectivity index (χ0) is 19.9. The van der Waals surface area contributed by atoms with Crippen LogP contribution in [0.25, 0.3) is 0 Å². The van der Waals surface area contributed by atoms with Gasteiger partial charge in [0.2, 0.25) is 0 Å². The molecule has 0 saturated carbocycles. The third-order valence-electron chi connectivity index (χ3n) is 6.52. The average molecular weight is 448 g/mol. The standard InChI is InChI=1S/C20H26N4O4P2/c1-3-7-19(8-4-1)23-29(21-11-12-21,25-15-16-26-29)24(20-9-5-2-6-10-20)30(23,22-13-14-22)27-17-18-28-30/h1-10H,11-18H2. The molecule has 2 aromatic rings. The minimum atomic E-state index is -3.62. The van der Waals surface area contributed by atoms with Gasteiger partial charge in [0.15, 0.2) is 0 Å². The van der Waals surface area contributed by atoms with Gasteiger partial charge in [-0.2, -0.15) is 0 Å². The third-order valence-corrected chi connectivity index (χ3v) is 19.0. The van der Waals surface area contributed by atoms with Crippen LogP contribution in [-0.2, 0) is 18.1 Å². The number of benzene rings is 2. The Labute approximate surface area is 176 Å². The van der Waals surface area contributed by atoms with Crippen LogP contribution >= 0.6 is 15.0 Å². The predicted octanol–water partition coefficient (Wildman–Crippen LogP) is 3.99. The summed E-state index contributed by atoms with van der Waals surface area (Å²) in [4.78, 5) is 0. The van der Waals surface area contributed by atoms with E-state index in [-0.39, 0.29) is 0 Å². The molecule has 5 aliphatic rings. The van der Waals surface area contributed by atoms with E-state index >= 15 is 0 Å². The number of nitrogens with zero attached hydrogens (tertiary/aromatic N) is 4. The zero-order valence-corrected chi connectivity index (χ0v) is 18.5. The van der Waals surface area contributed by atoms with Gasteiger partial charge in [0.25, 0.3) is 0 Å². The van der Waals surface area contributed by atoms with Crippen LogP contribution in [-0.4, -0.2) is 61.9 Å². The molecule has 0 atom stereocenters. The molecule has 0 amide bonds. The second-order valence-electron chi connectivity index (χ2n) is 8.16. The Kier molecular flexibility index (Phi) is 3.48. The fourth-order valence-electron chi connectivity index (χ4n) is 5.45. The Bertz CT molecular complexity index is 895. The molecule has 0 bridgehead atoms. The van der Waals surface area contributed by atoms with Crippen LogP contribution in [0.5, 0.6) is 0 Å². The molecule has 10 heteroatoms. The number of para-hydroxylation sites is 2. The van der Waals surface area contributed by atoms with Crippen molar-refractivity contribution in [2.24, 2.45) is 0 Å². The van der Waals surface area contributed by atoms with Gasteiger partial charge in [0.1, 0.15) is 0 Å². The first-order chi connectivity index (χ1) is 14.7. The van der Waals surface area contributed by atoms with E-state index in [4.69, 9.17) is 18.1 Å². The molecule has 5 aliphatic heterocycles. The van der Waals surface area contributed by atoms with Crippen LogP contribution in [0.4, 0.5) is 11.4 Å². The first kappa shape index (κ1) is 18.3. The molecule has 0 radical (unpaired) electrons. The van der Waals surface area contributed by atoms with Gasteiger partial charge in [0.05, 0.1) is 0 Å². The Hall–Kier alpha value is -1.34. The molecule has 5 fully saturated rings. The van der Waals surface area contributed by atoms with Gasteiger partial charge in [-0.05, 0) is 0 Å². The number of rotatable bonds is 4. The molecule has 2 spiro atoms. The van der Waals surface area contributed by atoms with E-state index in [1.54, 1.807) is 0 Å². The first-order valence-electron chi connectivity index (χ1n) is 10.6. The van der Waals surface area contributed by atoms with Crippen molar-refractivity contribution in [3.8, 4) is 0 Å². The molecule has 0 N–H and O–H groups in total. The molecular weight excluding hydrogens is 422 g/mol. The SMILES string of the molecule is c1ccc(N2P3(N4CC4)(OCCO3)N(c3ccccc3)P23(N2CC2)OCCO3)cc1. The molecular formula is C20H26N4O4P2. The Morgan fingerprint density at radius 2 is 0.833 bits per heavy atom. The van der Waals surface area contributed by atoms with Gasteiger partial charge in [-0.1, -0.05) is 0 Å². The third kappa shape index (κ3) is 1.80. The van der Waals surface area contributed by atoms with E-state index in [2.05, 4.69) is 66.8 Å². The summed E-state index contributed by atoms with van der Waals surface area (Å²) in [5.41, 5.74) is 2.09. The van der Waals surface area contributed by atoms with Gasteiger partial charge in [-0.3, -0.25) is 0 Å². The molecule has 7 rings (SSSR count). The predicted molar refractivity (Wildman–Crippen MR) is 119 cm³/mol. The summed E-state index contributed by atoms with van der Waals surface area (Å²) in [6.45, 7) is 6.02. The van der Waals surface area contributed by atoms with Crippen LogP contribution in [0.2, 0.25) is 0 Å². The number of hydrogen-bond acceptors (Lipinski definition) is 8. The van der Waals surface area contributed by atoms with E-state index < -0.39 is 15.0 Å². The topological polar surface area (TPSA) is 49.4 Å². The van der Waals surface area contributed by atoms with E-state index in [1.807, 2.05) is 12.1 Å². The fourth-order valence-corrected chi connectivity index (χ4v) is 20.9. The summed E-state index contributed by atoms with van der Waals surface area (Å²) in [5, 5.41) is 0. The van der Waals surface area contributed by atoms with Crippen LogP contribution < -0.4 is 8.88 Å². The maximum atomic E-state index is 6.84. The van der Waals surface area contributed by atoms with Crippen molar-refractivity contribution < 1.29 is 18.1 Å². The monoisotopic (exact) mass is 448 g/mol. The van der Waals surface area contributed by atoms with Crippen LogP contribution in [0.1, 0.15) is 0 Å². The van der Waals surface area contributed by atoms with E-state index in [0.717, 1.165) is 37.6 Å². The summed E-state index contributed by atoms with van der Waals surface area (Å²) in [7, 11) is -7.23. The molecule has 8 nitrogen and oxygen atoms in total. The molecule has 0 unspecified atom stereocenters. The van der Waals surface area contributed by atoms with Crippen molar-refractivity contribution in [1.82, 2.24) is 9.34 Å². The summed E-state index contributed by atoms with van der Waals surface area (Å²) in [6, 6.07) is 20.9. The molecule has 160 valence electrons. The fraction of sp³-hybridized carbons (Fsp3) is 0.400. The van der Waals surface area contributed by atoms with Crippen molar-refractivity contribution in [3.05, 3.63) is 60.7 Å². The Morgan fingerprint density at radius 1 is 0.500 bits per heavy atom. The Balaban J connectivity index is 1.58. The van der Waals surface area contributed by atoms with E-state index in [9.17, 15) is 0 Å². The molecule has 0 aliphatic carbocycles. The molecule has 5 heterocycles. The van der Waals surface area contributed by atoms with Crippen LogP contribution in [0.15, 0.2) is 60.7 Å². The van der Waals surface area contributed by atoms with Crippen molar-refractivity contribution in [3.63, 3.8) is 0 Å². The van der Waals surface area contributed by atoms with Crippen molar-refractivity contribution in [2.45, 2.75) is 0 Å². The van der Waals surface area contributed by atoms with Gasteiger partial charge < -0.3 is 0 Å². The Morgan fingerprint density at radius 3 is 1.13 bits per heavy atom.